The van der Waals surface area contributed by atoms with E-state index >= 15 is 0 Å². The van der Waals surface area contributed by atoms with Gasteiger partial charge in [-0.05, 0) is 80.2 Å². The molecule has 0 saturated heterocycles. The number of aryl methyl sites for hydroxylation is 1. The normalized spacial score (nSPS) is 14.9. The van der Waals surface area contributed by atoms with E-state index in [1.165, 1.54) is 0 Å². The fourth-order valence-corrected chi connectivity index (χ4v) is 3.91. The van der Waals surface area contributed by atoms with E-state index in [4.69, 9.17) is 4.74 Å². The van der Waals surface area contributed by atoms with Crippen LogP contribution in [0.25, 0.3) is 0 Å². The Kier molecular flexibility index (Phi) is 10.6. The molecule has 0 saturated carbocycles. The second kappa shape index (κ2) is 12.1. The Balaban J connectivity index is 3.71. The third-order valence-electron chi connectivity index (χ3n) is 6.27. The number of carbonyl (C=O) groups excluding carboxylic acids is 3. The summed E-state index contributed by atoms with van der Waals surface area (Å²) < 4.78 is 5.48. The zero-order valence-corrected chi connectivity index (χ0v) is 24.5. The van der Waals surface area contributed by atoms with Gasteiger partial charge in [-0.1, -0.05) is 57.0 Å². The van der Waals surface area contributed by atoms with Gasteiger partial charge in [0.05, 0.1) is 0 Å². The Hall–Kier alpha value is -2.57. The summed E-state index contributed by atoms with van der Waals surface area (Å²) in [5.74, 6) is -0.746. The molecule has 0 aliphatic heterocycles. The quantitative estimate of drug-likeness (QED) is 0.439. The molecular weight excluding hydrogens is 454 g/mol. The van der Waals surface area contributed by atoms with Crippen molar-refractivity contribution in [3.05, 3.63) is 35.4 Å². The zero-order chi connectivity index (χ0) is 28.1. The van der Waals surface area contributed by atoms with Crippen LogP contribution in [0.15, 0.2) is 24.3 Å². The van der Waals surface area contributed by atoms with Gasteiger partial charge in [0.25, 0.3) is 0 Å². The number of carbonyl (C=O) groups is 3. The van der Waals surface area contributed by atoms with Gasteiger partial charge in [-0.3, -0.25) is 9.59 Å². The maximum Gasteiger partial charge on any atom is 0.408 e. The molecule has 0 spiro atoms. The number of hydrogen-bond acceptors (Lipinski definition) is 4. The SMILES string of the molecule is CCC(C)C(NC(=O)OC(C)(C)C)C(=O)N(C(C(=O)NC(C)(C)C)c1cccc(C)c1)C(C)(C)CC. The van der Waals surface area contributed by atoms with Crippen LogP contribution in [0.3, 0.4) is 0 Å². The maximum absolute atomic E-state index is 14.4. The minimum Gasteiger partial charge on any atom is -0.444 e. The van der Waals surface area contributed by atoms with Crippen LogP contribution in [0.4, 0.5) is 4.79 Å². The van der Waals surface area contributed by atoms with Gasteiger partial charge in [-0.15, -0.1) is 0 Å². The number of amides is 3. The van der Waals surface area contributed by atoms with E-state index < -0.39 is 34.9 Å². The molecule has 0 aliphatic rings. The van der Waals surface area contributed by atoms with Crippen LogP contribution >= 0.6 is 0 Å². The van der Waals surface area contributed by atoms with Crippen molar-refractivity contribution in [2.24, 2.45) is 5.92 Å². The van der Waals surface area contributed by atoms with E-state index in [2.05, 4.69) is 10.6 Å². The number of hydrogen-bond donors (Lipinski definition) is 2. The monoisotopic (exact) mass is 503 g/mol. The number of rotatable bonds is 9. The van der Waals surface area contributed by atoms with Crippen LogP contribution in [-0.4, -0.2) is 45.5 Å². The molecule has 3 unspecified atom stereocenters. The molecule has 1 aromatic rings. The van der Waals surface area contributed by atoms with Gasteiger partial charge in [0.2, 0.25) is 11.8 Å². The van der Waals surface area contributed by atoms with Crippen molar-refractivity contribution in [3.8, 4) is 0 Å². The third kappa shape index (κ3) is 9.14. The molecular formula is C29H49N3O4. The standard InChI is InChI=1S/C29H49N3O4/c1-13-20(4)22(30-26(35)36-28(8,9)10)25(34)32(29(11,12)14-2)23(24(33)31-27(5,6)7)21-17-15-16-19(3)18-21/h15-18,20,22-23H,13-14H2,1-12H3,(H,30,35)(H,31,33). The predicted octanol–water partition coefficient (Wildman–Crippen LogP) is 5.91. The van der Waals surface area contributed by atoms with Crippen LogP contribution in [0.2, 0.25) is 0 Å². The molecule has 2 N–H and O–H groups in total. The van der Waals surface area contributed by atoms with Gasteiger partial charge in [0, 0.05) is 11.1 Å². The van der Waals surface area contributed by atoms with Crippen LogP contribution in [-0.2, 0) is 14.3 Å². The minimum atomic E-state index is -0.876. The zero-order valence-electron chi connectivity index (χ0n) is 24.5. The Morgan fingerprint density at radius 2 is 1.58 bits per heavy atom. The van der Waals surface area contributed by atoms with Crippen LogP contribution in [0.5, 0.6) is 0 Å². The highest BCUT2D eigenvalue weighted by molar-refractivity contribution is 5.93. The Labute approximate surface area is 218 Å². The highest BCUT2D eigenvalue weighted by atomic mass is 16.6. The fraction of sp³-hybridized carbons (Fsp3) is 0.690. The first-order valence-electron chi connectivity index (χ1n) is 13.0. The molecule has 0 heterocycles. The number of alkyl carbamates (subject to hydrolysis) is 1. The average molecular weight is 504 g/mol. The summed E-state index contributed by atoms with van der Waals surface area (Å²) in [6.07, 6.45) is 0.626. The highest BCUT2D eigenvalue weighted by Gasteiger charge is 2.44. The summed E-state index contributed by atoms with van der Waals surface area (Å²) in [4.78, 5) is 42.7. The van der Waals surface area contributed by atoms with Crippen LogP contribution < -0.4 is 10.6 Å². The molecule has 3 amide bonds. The molecule has 204 valence electrons. The first-order chi connectivity index (χ1) is 16.3. The Bertz CT molecular complexity index is 912. The van der Waals surface area contributed by atoms with Gasteiger partial charge in [0.1, 0.15) is 17.7 Å². The van der Waals surface area contributed by atoms with Gasteiger partial charge in [-0.25, -0.2) is 4.79 Å². The van der Waals surface area contributed by atoms with Gasteiger partial charge in [-0.2, -0.15) is 0 Å². The molecule has 0 radical (unpaired) electrons. The third-order valence-corrected chi connectivity index (χ3v) is 6.27. The van der Waals surface area contributed by atoms with Crippen LogP contribution in [0, 0.1) is 12.8 Å². The van der Waals surface area contributed by atoms with Gasteiger partial charge < -0.3 is 20.3 Å². The maximum atomic E-state index is 14.4. The molecule has 1 rings (SSSR count). The number of benzene rings is 1. The van der Waals surface area contributed by atoms with Crippen molar-refractivity contribution >= 4 is 17.9 Å². The van der Waals surface area contributed by atoms with Crippen molar-refractivity contribution in [2.45, 2.75) is 125 Å². The summed E-state index contributed by atoms with van der Waals surface area (Å²) in [5.41, 5.74) is -0.150. The lowest BCUT2D eigenvalue weighted by Gasteiger charge is -2.46. The molecule has 7 nitrogen and oxygen atoms in total. The number of nitrogens with one attached hydrogen (secondary N) is 2. The lowest BCUT2D eigenvalue weighted by atomic mass is 9.89. The van der Waals surface area contributed by atoms with Crippen molar-refractivity contribution in [3.63, 3.8) is 0 Å². The second-order valence-corrected chi connectivity index (χ2v) is 12.4. The highest BCUT2D eigenvalue weighted by Crippen LogP contribution is 2.34. The lowest BCUT2D eigenvalue weighted by molar-refractivity contribution is -0.151. The van der Waals surface area contributed by atoms with E-state index in [1.54, 1.807) is 25.7 Å². The van der Waals surface area contributed by atoms with E-state index in [0.717, 1.165) is 11.1 Å². The van der Waals surface area contributed by atoms with Crippen molar-refractivity contribution in [2.75, 3.05) is 0 Å². The van der Waals surface area contributed by atoms with E-state index in [9.17, 15) is 14.4 Å². The van der Waals surface area contributed by atoms with Crippen molar-refractivity contribution in [1.29, 1.82) is 0 Å². The van der Waals surface area contributed by atoms with Crippen LogP contribution in [0.1, 0.15) is 106 Å². The lowest BCUT2D eigenvalue weighted by Crippen LogP contribution is -2.61. The molecule has 0 fully saturated rings. The minimum absolute atomic E-state index is 0.177. The van der Waals surface area contributed by atoms with E-state index in [-0.39, 0.29) is 17.7 Å². The summed E-state index contributed by atoms with van der Waals surface area (Å²) in [7, 11) is 0. The molecule has 36 heavy (non-hydrogen) atoms. The second-order valence-electron chi connectivity index (χ2n) is 12.4. The molecule has 0 aliphatic carbocycles. The first-order valence-corrected chi connectivity index (χ1v) is 13.0. The largest absolute Gasteiger partial charge is 0.444 e. The summed E-state index contributed by atoms with van der Waals surface area (Å²) in [6.45, 7) is 22.9. The molecule has 1 aromatic carbocycles. The topological polar surface area (TPSA) is 87.7 Å². The van der Waals surface area contributed by atoms with E-state index in [0.29, 0.717) is 12.8 Å². The Morgan fingerprint density at radius 1 is 1.00 bits per heavy atom. The summed E-state index contributed by atoms with van der Waals surface area (Å²) in [6, 6.07) is 5.95. The predicted molar refractivity (Wildman–Crippen MR) is 146 cm³/mol. The number of nitrogens with zero attached hydrogens (tertiary/aromatic N) is 1. The Morgan fingerprint density at radius 3 is 2.03 bits per heavy atom. The summed E-state index contributed by atoms with van der Waals surface area (Å²) in [5, 5.41) is 5.90. The van der Waals surface area contributed by atoms with Crippen molar-refractivity contribution < 1.29 is 19.1 Å². The average Bonchev–Trinajstić information content (AvgIpc) is 2.71. The van der Waals surface area contributed by atoms with E-state index in [1.807, 2.05) is 86.6 Å². The summed E-state index contributed by atoms with van der Waals surface area (Å²) >= 11 is 0. The molecule has 3 atom stereocenters. The molecule has 0 aromatic heterocycles. The molecule has 7 heteroatoms. The molecule has 0 bridgehead atoms. The smallest absolute Gasteiger partial charge is 0.408 e. The van der Waals surface area contributed by atoms with Gasteiger partial charge in [0.15, 0.2) is 0 Å². The van der Waals surface area contributed by atoms with Gasteiger partial charge >= 0.3 is 6.09 Å². The van der Waals surface area contributed by atoms with Crippen molar-refractivity contribution in [1.82, 2.24) is 15.5 Å². The fourth-order valence-electron chi connectivity index (χ4n) is 3.91. The number of ether oxygens (including phenoxy) is 1. The first kappa shape index (κ1) is 31.5.